The highest BCUT2D eigenvalue weighted by Crippen LogP contribution is 2.29. The Morgan fingerprint density at radius 2 is 1.46 bits per heavy atom. The Kier molecular flexibility index (Phi) is 5.36. The molecule has 0 aliphatic rings. The fourth-order valence-corrected chi connectivity index (χ4v) is 1.85. The van der Waals surface area contributed by atoms with Crippen LogP contribution in [0, 0.1) is 0 Å². The molecule has 0 saturated carbocycles. The van der Waals surface area contributed by atoms with Crippen LogP contribution >= 0.6 is 0 Å². The number of hydrogen-bond acceptors (Lipinski definition) is 3. The van der Waals surface area contributed by atoms with E-state index in [1.54, 1.807) is 0 Å². The lowest BCUT2D eigenvalue weighted by atomic mass is 10.1. The number of pyridine rings is 1. The number of nitrogens with two attached hydrogens (primary N) is 1. The maximum absolute atomic E-state index is 12.5. The van der Waals surface area contributed by atoms with Gasteiger partial charge in [-0.2, -0.15) is 26.3 Å². The zero-order valence-corrected chi connectivity index (χ0v) is 12.8. The van der Waals surface area contributed by atoms with E-state index in [2.05, 4.69) is 4.98 Å². The number of halogens is 6. The molecule has 0 atom stereocenters. The molecule has 1 amide bonds. The van der Waals surface area contributed by atoms with E-state index in [1.165, 1.54) is 36.5 Å². The summed E-state index contributed by atoms with van der Waals surface area (Å²) in [7, 11) is 0. The lowest BCUT2D eigenvalue weighted by Crippen LogP contribution is -2.46. The second kappa shape index (κ2) is 7.16. The van der Waals surface area contributed by atoms with Crippen LogP contribution in [0.3, 0.4) is 0 Å². The molecule has 2 aromatic rings. The molecule has 4 nitrogen and oxygen atoms in total. The van der Waals surface area contributed by atoms with Gasteiger partial charge in [0.05, 0.1) is 5.56 Å². The lowest BCUT2D eigenvalue weighted by Gasteiger charge is -2.16. The summed E-state index contributed by atoms with van der Waals surface area (Å²) in [5.74, 6) is 2.41. The van der Waals surface area contributed by atoms with Crippen molar-refractivity contribution in [2.75, 3.05) is 5.01 Å². The van der Waals surface area contributed by atoms with Gasteiger partial charge in [-0.15, -0.1) is 0 Å². The summed E-state index contributed by atoms with van der Waals surface area (Å²) < 4.78 is 74.3. The molecule has 26 heavy (non-hydrogen) atoms. The predicted octanol–water partition coefficient (Wildman–Crippen LogP) is 4.04. The highest BCUT2D eigenvalue weighted by Gasteiger charge is 2.42. The number of hydrogen-bond donors (Lipinski definition) is 1. The first-order chi connectivity index (χ1) is 12.0. The Morgan fingerprint density at radius 3 is 1.92 bits per heavy atom. The minimum Gasteiger partial charge on any atom is -0.262 e. The quantitative estimate of drug-likeness (QED) is 0.381. The SMILES string of the molecule is NN(C(=O)C(F)(F)F)c1ccc(C=Cc2ccc(C(F)(F)F)cc2)cn1. The number of aromatic nitrogens is 1. The van der Waals surface area contributed by atoms with Crippen molar-refractivity contribution in [3.63, 3.8) is 0 Å². The average Bonchev–Trinajstić information content (AvgIpc) is 2.58. The zero-order valence-electron chi connectivity index (χ0n) is 12.8. The van der Waals surface area contributed by atoms with Gasteiger partial charge in [-0.1, -0.05) is 24.3 Å². The fraction of sp³-hybridized carbons (Fsp3) is 0.125. The van der Waals surface area contributed by atoms with Gasteiger partial charge in [0, 0.05) is 6.20 Å². The van der Waals surface area contributed by atoms with E-state index in [1.807, 2.05) is 0 Å². The van der Waals surface area contributed by atoms with Crippen molar-refractivity contribution in [2.24, 2.45) is 5.84 Å². The number of nitrogens with zero attached hydrogens (tertiary/aromatic N) is 2. The van der Waals surface area contributed by atoms with Gasteiger partial charge < -0.3 is 0 Å². The largest absolute Gasteiger partial charge is 0.473 e. The molecular weight excluding hydrogens is 364 g/mol. The van der Waals surface area contributed by atoms with Crippen LogP contribution in [0.5, 0.6) is 0 Å². The molecule has 0 saturated heterocycles. The molecule has 2 rings (SSSR count). The van der Waals surface area contributed by atoms with E-state index >= 15 is 0 Å². The van der Waals surface area contributed by atoms with Crippen molar-refractivity contribution in [1.82, 2.24) is 4.98 Å². The molecule has 0 spiro atoms. The molecule has 10 heteroatoms. The molecule has 0 aliphatic heterocycles. The molecule has 0 bridgehead atoms. The predicted molar refractivity (Wildman–Crippen MR) is 82.3 cm³/mol. The second-order valence-corrected chi connectivity index (χ2v) is 5.08. The fourth-order valence-electron chi connectivity index (χ4n) is 1.85. The number of anilines is 1. The average molecular weight is 375 g/mol. The van der Waals surface area contributed by atoms with E-state index in [-0.39, 0.29) is 5.01 Å². The summed E-state index contributed by atoms with van der Waals surface area (Å²) in [5.41, 5.74) is 0.148. The van der Waals surface area contributed by atoms with Crippen LogP contribution in [-0.2, 0) is 11.0 Å². The summed E-state index contributed by atoms with van der Waals surface area (Å²) in [4.78, 5) is 14.7. The van der Waals surface area contributed by atoms with Crippen molar-refractivity contribution in [3.05, 3.63) is 59.3 Å². The molecule has 138 valence electrons. The van der Waals surface area contributed by atoms with Gasteiger partial charge in [0.2, 0.25) is 0 Å². The van der Waals surface area contributed by atoms with Gasteiger partial charge in [-0.3, -0.25) is 4.79 Å². The van der Waals surface area contributed by atoms with Gasteiger partial charge in [0.25, 0.3) is 0 Å². The maximum Gasteiger partial charge on any atom is 0.473 e. The molecule has 2 N–H and O–H groups in total. The van der Waals surface area contributed by atoms with Gasteiger partial charge in [-0.05, 0) is 35.4 Å². The van der Waals surface area contributed by atoms with Crippen LogP contribution in [0.4, 0.5) is 32.2 Å². The van der Waals surface area contributed by atoms with Crippen molar-refractivity contribution < 1.29 is 31.1 Å². The minimum atomic E-state index is -5.13. The summed E-state index contributed by atoms with van der Waals surface area (Å²) in [6.07, 6.45) is -5.40. The second-order valence-electron chi connectivity index (χ2n) is 5.08. The molecule has 1 aromatic carbocycles. The lowest BCUT2D eigenvalue weighted by molar-refractivity contribution is -0.170. The standard InChI is InChI=1S/C16H11F6N3O/c17-15(18,19)12-6-3-10(4-7-12)1-2-11-5-8-13(24-9-11)25(23)14(26)16(20,21)22/h1-9H,23H2. The van der Waals surface area contributed by atoms with Crippen LogP contribution in [-0.4, -0.2) is 17.1 Å². The summed E-state index contributed by atoms with van der Waals surface area (Å²) in [5, 5.41) is -0.122. The molecule has 0 aliphatic carbocycles. The van der Waals surface area contributed by atoms with Crippen LogP contribution in [0.1, 0.15) is 16.7 Å². The number of hydrazine groups is 1. The Balaban J connectivity index is 2.09. The number of rotatable bonds is 3. The molecule has 1 heterocycles. The van der Waals surface area contributed by atoms with Crippen LogP contribution in [0.25, 0.3) is 12.2 Å². The Hall–Kier alpha value is -2.88. The molecular formula is C16H11F6N3O. The topological polar surface area (TPSA) is 59.2 Å². The molecule has 0 fully saturated rings. The first kappa shape index (κ1) is 19.4. The van der Waals surface area contributed by atoms with Crippen LogP contribution in [0.15, 0.2) is 42.6 Å². The molecule has 0 unspecified atom stereocenters. The Bertz CT molecular complexity index is 795. The van der Waals surface area contributed by atoms with Crippen molar-refractivity contribution in [3.8, 4) is 0 Å². The van der Waals surface area contributed by atoms with Gasteiger partial charge in [0.15, 0.2) is 0 Å². The van der Waals surface area contributed by atoms with Crippen LogP contribution in [0.2, 0.25) is 0 Å². The Morgan fingerprint density at radius 1 is 0.923 bits per heavy atom. The normalized spacial score (nSPS) is 12.4. The van der Waals surface area contributed by atoms with Crippen molar-refractivity contribution in [2.45, 2.75) is 12.4 Å². The maximum atomic E-state index is 12.5. The van der Waals surface area contributed by atoms with Crippen LogP contribution < -0.4 is 10.9 Å². The number of carbonyl (C=O) groups is 1. The van der Waals surface area contributed by atoms with E-state index in [4.69, 9.17) is 5.84 Å². The molecule has 1 aromatic heterocycles. The summed E-state index contributed by atoms with van der Waals surface area (Å²) in [6.45, 7) is 0. The third kappa shape index (κ3) is 4.82. The third-order valence-electron chi connectivity index (χ3n) is 3.19. The van der Waals surface area contributed by atoms with E-state index in [0.29, 0.717) is 11.1 Å². The number of carbonyl (C=O) groups excluding carboxylic acids is 1. The monoisotopic (exact) mass is 375 g/mol. The first-order valence-electron chi connectivity index (χ1n) is 6.96. The van der Waals surface area contributed by atoms with E-state index in [0.717, 1.165) is 18.2 Å². The van der Waals surface area contributed by atoms with Crippen molar-refractivity contribution >= 4 is 23.9 Å². The highest BCUT2D eigenvalue weighted by molar-refractivity contribution is 5.95. The van der Waals surface area contributed by atoms with Gasteiger partial charge >= 0.3 is 18.3 Å². The molecule has 0 radical (unpaired) electrons. The first-order valence-corrected chi connectivity index (χ1v) is 6.96. The van der Waals surface area contributed by atoms with Crippen molar-refractivity contribution in [1.29, 1.82) is 0 Å². The summed E-state index contributed by atoms with van der Waals surface area (Å²) >= 11 is 0. The smallest absolute Gasteiger partial charge is 0.262 e. The van der Waals surface area contributed by atoms with E-state index < -0.39 is 29.6 Å². The minimum absolute atomic E-state index is 0.122. The van der Waals surface area contributed by atoms with E-state index in [9.17, 15) is 31.1 Å². The highest BCUT2D eigenvalue weighted by atomic mass is 19.4. The van der Waals surface area contributed by atoms with Gasteiger partial charge in [0.1, 0.15) is 5.82 Å². The third-order valence-corrected chi connectivity index (χ3v) is 3.19. The summed E-state index contributed by atoms with van der Waals surface area (Å²) in [6, 6.07) is 6.85. The number of alkyl halides is 6. The number of amides is 1. The zero-order chi connectivity index (χ0) is 19.5. The van der Waals surface area contributed by atoms with Gasteiger partial charge in [-0.25, -0.2) is 15.8 Å². The number of benzene rings is 1. The Labute approximate surface area is 143 Å².